The van der Waals surface area contributed by atoms with Gasteiger partial charge in [0.25, 0.3) is 0 Å². The second-order valence-corrected chi connectivity index (χ2v) is 12.3. The van der Waals surface area contributed by atoms with E-state index in [0.717, 1.165) is 37.5 Å². The van der Waals surface area contributed by atoms with Gasteiger partial charge in [-0.2, -0.15) is 0 Å². The number of rotatable bonds is 12. The topological polar surface area (TPSA) is 86.8 Å². The van der Waals surface area contributed by atoms with E-state index in [2.05, 4.69) is 5.32 Å². The van der Waals surface area contributed by atoms with Crippen LogP contribution in [0.15, 0.2) is 48.5 Å². The van der Waals surface area contributed by atoms with Gasteiger partial charge in [0.2, 0.25) is 21.8 Å². The van der Waals surface area contributed by atoms with Crippen LogP contribution < -0.4 is 9.62 Å². The normalized spacial score (nSPS) is 14.8. The molecule has 0 bridgehead atoms. The van der Waals surface area contributed by atoms with E-state index in [4.69, 9.17) is 23.2 Å². The van der Waals surface area contributed by atoms with E-state index in [1.165, 1.54) is 4.31 Å². The largest absolute Gasteiger partial charge is 0.352 e. The molecule has 0 aromatic heterocycles. The Bertz CT molecular complexity index is 1150. The van der Waals surface area contributed by atoms with Crippen LogP contribution in [0.2, 0.25) is 10.0 Å². The van der Waals surface area contributed by atoms with E-state index in [0.29, 0.717) is 28.6 Å². The molecule has 37 heavy (non-hydrogen) atoms. The van der Waals surface area contributed by atoms with Gasteiger partial charge in [0.1, 0.15) is 6.04 Å². The summed E-state index contributed by atoms with van der Waals surface area (Å²) in [4.78, 5) is 28.3. The summed E-state index contributed by atoms with van der Waals surface area (Å²) < 4.78 is 26.1. The van der Waals surface area contributed by atoms with E-state index < -0.39 is 16.1 Å². The number of benzene rings is 2. The molecule has 1 aliphatic carbocycles. The van der Waals surface area contributed by atoms with E-state index in [1.54, 1.807) is 41.3 Å². The minimum atomic E-state index is -3.56. The third-order valence-electron chi connectivity index (χ3n) is 6.62. The molecule has 0 aliphatic heterocycles. The van der Waals surface area contributed by atoms with Gasteiger partial charge in [-0.1, -0.05) is 55.1 Å². The van der Waals surface area contributed by atoms with Crippen LogP contribution in [0.4, 0.5) is 5.69 Å². The second kappa shape index (κ2) is 13.5. The maximum atomic E-state index is 13.5. The van der Waals surface area contributed by atoms with Gasteiger partial charge in [-0.15, -0.1) is 0 Å². The maximum Gasteiger partial charge on any atom is 0.243 e. The first kappa shape index (κ1) is 29.3. The van der Waals surface area contributed by atoms with Crippen LogP contribution in [-0.2, 0) is 26.2 Å². The van der Waals surface area contributed by atoms with Crippen molar-refractivity contribution in [1.82, 2.24) is 10.2 Å². The molecule has 1 aliphatic rings. The number of anilines is 1. The number of carbonyl (C=O) groups excluding carboxylic acids is 2. The molecular weight excluding hydrogens is 533 g/mol. The smallest absolute Gasteiger partial charge is 0.243 e. The Morgan fingerprint density at radius 2 is 1.57 bits per heavy atom. The minimum absolute atomic E-state index is 0.0976. The van der Waals surface area contributed by atoms with Crippen LogP contribution in [0, 0.1) is 0 Å². The van der Waals surface area contributed by atoms with Gasteiger partial charge in [0, 0.05) is 35.6 Å². The van der Waals surface area contributed by atoms with E-state index in [-0.39, 0.29) is 37.4 Å². The Kier molecular flexibility index (Phi) is 10.7. The number of nitrogens with zero attached hydrogens (tertiary/aromatic N) is 2. The van der Waals surface area contributed by atoms with Crippen molar-refractivity contribution in [2.24, 2.45) is 0 Å². The van der Waals surface area contributed by atoms with Crippen molar-refractivity contribution >= 4 is 50.7 Å². The Morgan fingerprint density at radius 1 is 1.00 bits per heavy atom. The minimum Gasteiger partial charge on any atom is -0.352 e. The molecule has 1 saturated carbocycles. The number of sulfonamides is 1. The van der Waals surface area contributed by atoms with Crippen LogP contribution in [0.3, 0.4) is 0 Å². The van der Waals surface area contributed by atoms with Crippen molar-refractivity contribution in [2.45, 2.75) is 70.5 Å². The van der Waals surface area contributed by atoms with Crippen molar-refractivity contribution < 1.29 is 18.0 Å². The van der Waals surface area contributed by atoms with Gasteiger partial charge < -0.3 is 10.2 Å². The average Bonchev–Trinajstić information content (AvgIpc) is 3.36. The first-order chi connectivity index (χ1) is 17.6. The van der Waals surface area contributed by atoms with Crippen molar-refractivity contribution in [3.63, 3.8) is 0 Å². The Morgan fingerprint density at radius 3 is 2.11 bits per heavy atom. The molecule has 7 nitrogen and oxygen atoms in total. The van der Waals surface area contributed by atoms with Gasteiger partial charge in [-0.05, 0) is 67.6 Å². The number of nitrogens with one attached hydrogen (secondary N) is 1. The molecule has 1 unspecified atom stereocenters. The third-order valence-corrected chi connectivity index (χ3v) is 8.32. The lowest BCUT2D eigenvalue weighted by Gasteiger charge is -2.32. The average molecular weight is 569 g/mol. The fraction of sp³-hybridized carbons (Fsp3) is 0.481. The summed E-state index contributed by atoms with van der Waals surface area (Å²) >= 11 is 12.0. The highest BCUT2D eigenvalue weighted by Gasteiger charge is 2.30. The lowest BCUT2D eigenvalue weighted by molar-refractivity contribution is -0.141. The highest BCUT2D eigenvalue weighted by atomic mass is 35.5. The lowest BCUT2D eigenvalue weighted by atomic mass is 10.1. The molecule has 1 N–H and O–H groups in total. The number of carbonyl (C=O) groups is 2. The molecule has 3 rings (SSSR count). The van der Waals surface area contributed by atoms with Crippen LogP contribution in [0.1, 0.15) is 57.4 Å². The molecule has 1 fully saturated rings. The van der Waals surface area contributed by atoms with Gasteiger partial charge in [-0.3, -0.25) is 13.9 Å². The molecule has 0 spiro atoms. The zero-order chi connectivity index (χ0) is 27.0. The predicted octanol–water partition coefficient (Wildman–Crippen LogP) is 5.41. The maximum absolute atomic E-state index is 13.5. The molecule has 2 aromatic rings. The quantitative estimate of drug-likeness (QED) is 0.371. The monoisotopic (exact) mass is 567 g/mol. The second-order valence-electron chi connectivity index (χ2n) is 9.48. The summed E-state index contributed by atoms with van der Waals surface area (Å²) in [5.41, 5.74) is 1.35. The van der Waals surface area contributed by atoms with Gasteiger partial charge in [0.15, 0.2) is 0 Å². The predicted molar refractivity (Wildman–Crippen MR) is 149 cm³/mol. The summed E-state index contributed by atoms with van der Waals surface area (Å²) in [6, 6.07) is 13.3. The Balaban J connectivity index is 1.74. The van der Waals surface area contributed by atoms with Crippen molar-refractivity contribution in [3.8, 4) is 0 Å². The van der Waals surface area contributed by atoms with E-state index >= 15 is 0 Å². The van der Waals surface area contributed by atoms with Crippen LogP contribution >= 0.6 is 23.2 Å². The van der Waals surface area contributed by atoms with Crippen molar-refractivity contribution in [2.75, 3.05) is 17.1 Å². The SMILES string of the molecule is CCC(C(=O)NC1CCCC1)N(Cc1ccc(Cl)cc1)C(=O)CCCN(c1ccc(Cl)cc1)S(C)(=O)=O. The molecule has 1 atom stereocenters. The summed E-state index contributed by atoms with van der Waals surface area (Å²) in [6.45, 7) is 2.29. The number of hydrogen-bond donors (Lipinski definition) is 1. The molecule has 0 radical (unpaired) electrons. The molecule has 2 aromatic carbocycles. The molecule has 10 heteroatoms. The zero-order valence-corrected chi connectivity index (χ0v) is 23.7. The highest BCUT2D eigenvalue weighted by Crippen LogP contribution is 2.23. The molecular formula is C27H35Cl2N3O4S. The molecule has 2 amide bonds. The summed E-state index contributed by atoms with van der Waals surface area (Å²) in [6.07, 6.45) is 6.11. The molecule has 0 saturated heterocycles. The van der Waals surface area contributed by atoms with Crippen LogP contribution in [0.5, 0.6) is 0 Å². The lowest BCUT2D eigenvalue weighted by Crippen LogP contribution is -2.51. The number of halogens is 2. The molecule has 0 heterocycles. The van der Waals surface area contributed by atoms with Crippen LogP contribution in [0.25, 0.3) is 0 Å². The van der Waals surface area contributed by atoms with Crippen molar-refractivity contribution in [3.05, 3.63) is 64.1 Å². The van der Waals surface area contributed by atoms with Gasteiger partial charge >= 0.3 is 0 Å². The van der Waals surface area contributed by atoms with Gasteiger partial charge in [-0.25, -0.2) is 8.42 Å². The fourth-order valence-corrected chi connectivity index (χ4v) is 5.90. The first-order valence-electron chi connectivity index (χ1n) is 12.7. The number of amides is 2. The summed E-state index contributed by atoms with van der Waals surface area (Å²) in [5.74, 6) is -0.344. The van der Waals surface area contributed by atoms with Crippen molar-refractivity contribution in [1.29, 1.82) is 0 Å². The van der Waals surface area contributed by atoms with Gasteiger partial charge in [0.05, 0.1) is 11.9 Å². The fourth-order valence-electron chi connectivity index (χ4n) is 4.68. The molecule has 202 valence electrons. The standard InChI is InChI=1S/C27H35Cl2N3O4S/c1-3-25(27(34)30-23-7-4-5-8-23)31(19-20-10-12-21(28)13-11-20)26(33)9-6-18-32(37(2,35)36)24-16-14-22(29)15-17-24/h10-17,23,25H,3-9,18-19H2,1-2H3,(H,30,34). The zero-order valence-electron chi connectivity index (χ0n) is 21.3. The highest BCUT2D eigenvalue weighted by molar-refractivity contribution is 7.92. The Labute approximate surface area is 230 Å². The third kappa shape index (κ3) is 8.62. The van der Waals surface area contributed by atoms with Crippen LogP contribution in [-0.4, -0.2) is 50.0 Å². The number of hydrogen-bond acceptors (Lipinski definition) is 4. The Hall–Kier alpha value is -2.29. The van der Waals surface area contributed by atoms with E-state index in [1.807, 2.05) is 19.1 Å². The summed E-state index contributed by atoms with van der Waals surface area (Å²) in [5, 5.41) is 4.23. The first-order valence-corrected chi connectivity index (χ1v) is 15.3. The summed E-state index contributed by atoms with van der Waals surface area (Å²) in [7, 11) is -3.56. The van der Waals surface area contributed by atoms with E-state index in [9.17, 15) is 18.0 Å².